The molecule has 0 aliphatic rings. The minimum Gasteiger partial charge on any atom is -2.00 e. The maximum absolute atomic E-state index is 0. The van der Waals surface area contributed by atoms with Gasteiger partial charge in [0.15, 0.2) is 0 Å². The predicted molar refractivity (Wildman–Crippen MR) is 4.81 cm³/mol. The van der Waals surface area contributed by atoms with Crippen molar-refractivity contribution in [1.82, 2.24) is 0 Å². The minimum atomic E-state index is 0. The molecule has 7 nitrogen and oxygen atoms in total. The van der Waals surface area contributed by atoms with Crippen LogP contribution in [-0.2, 0) is 78.5 Å². The van der Waals surface area contributed by atoms with E-state index in [2.05, 4.69) is 0 Å². The van der Waals surface area contributed by atoms with E-state index in [9.17, 15) is 0 Å². The summed E-state index contributed by atoms with van der Waals surface area (Å²) in [6.45, 7) is 0. The van der Waals surface area contributed by atoms with Crippen LogP contribution in [0, 0.1) is 81.7 Å². The molecule has 0 aromatic carbocycles. The third-order valence-corrected chi connectivity index (χ3v) is 0. The SMILES string of the molecule is [Ir+4].[Ir+4].[Nd+3].[Nd+3].[O-2].[O-2].[O-2].[O-2].[O-2].[O-2].[O-2]. The van der Waals surface area contributed by atoms with Crippen molar-refractivity contribution in [3.63, 3.8) is 0 Å². The van der Waals surface area contributed by atoms with Crippen molar-refractivity contribution in [2.45, 2.75) is 0 Å². The molecular weight excluding hydrogens is 785 g/mol. The summed E-state index contributed by atoms with van der Waals surface area (Å²) in [6, 6.07) is 0. The summed E-state index contributed by atoms with van der Waals surface area (Å²) in [6.07, 6.45) is 0. The van der Waals surface area contributed by atoms with Crippen LogP contribution in [0.2, 0.25) is 0 Å². The molecule has 0 saturated carbocycles. The van der Waals surface area contributed by atoms with Crippen molar-refractivity contribution in [2.24, 2.45) is 0 Å². The molecule has 0 bridgehead atoms. The second-order valence-corrected chi connectivity index (χ2v) is 0. The first kappa shape index (κ1) is 200. The van der Waals surface area contributed by atoms with Gasteiger partial charge >= 0.3 is 122 Å². The minimum absolute atomic E-state index is 0. The van der Waals surface area contributed by atoms with E-state index in [0.717, 1.165) is 0 Å². The van der Waals surface area contributed by atoms with E-state index >= 15 is 0 Å². The van der Waals surface area contributed by atoms with E-state index in [1.165, 1.54) is 0 Å². The normalized spacial score (nSPS) is 0. The van der Waals surface area contributed by atoms with Crippen molar-refractivity contribution in [3.05, 3.63) is 0 Å². The molecule has 11 heavy (non-hydrogen) atoms. The Kier molecular flexibility index (Phi) is 2920. The molecule has 0 heterocycles. The van der Waals surface area contributed by atoms with Crippen molar-refractivity contribution < 1.29 is 160 Å². The standard InChI is InChI=1S/2Ir.2Nd.7O/q2*+4;2*+3;7*-2. The van der Waals surface area contributed by atoms with Crippen LogP contribution >= 0.6 is 0 Å². The Morgan fingerprint density at radius 1 is 0.273 bits per heavy atom. The smallest absolute Gasteiger partial charge is 2.00 e. The van der Waals surface area contributed by atoms with Crippen LogP contribution in [0.15, 0.2) is 0 Å². The van der Waals surface area contributed by atoms with E-state index < -0.39 is 0 Å². The second-order valence-electron chi connectivity index (χ2n) is 0. The maximum Gasteiger partial charge on any atom is 4.00 e. The van der Waals surface area contributed by atoms with Crippen molar-refractivity contribution in [3.8, 4) is 0 Å². The Morgan fingerprint density at radius 2 is 0.273 bits per heavy atom. The topological polar surface area (TPSA) is 200 Å². The van der Waals surface area contributed by atoms with Gasteiger partial charge in [-0.1, -0.05) is 0 Å². The van der Waals surface area contributed by atoms with Crippen LogP contribution < -0.4 is 0 Å². The molecule has 0 N–H and O–H groups in total. The van der Waals surface area contributed by atoms with Crippen LogP contribution in [0.1, 0.15) is 0 Å². The van der Waals surface area contributed by atoms with E-state index in [0.29, 0.717) is 0 Å². The van der Waals surface area contributed by atoms with Gasteiger partial charge in [0.25, 0.3) is 0 Å². The average Bonchev–Trinajstić information content (AvgIpc) is 0. The molecule has 0 amide bonds. The van der Waals surface area contributed by atoms with Crippen LogP contribution in [-0.4, -0.2) is 0 Å². The fourth-order valence-electron chi connectivity index (χ4n) is 0. The Balaban J connectivity index is 0. The summed E-state index contributed by atoms with van der Waals surface area (Å²) in [5, 5.41) is 0. The summed E-state index contributed by atoms with van der Waals surface area (Å²) in [7, 11) is 0. The van der Waals surface area contributed by atoms with E-state index in [1.807, 2.05) is 0 Å². The average molecular weight is 785 g/mol. The Morgan fingerprint density at radius 3 is 0.273 bits per heavy atom. The van der Waals surface area contributed by atoms with Gasteiger partial charge in [0, 0.05) is 0 Å². The summed E-state index contributed by atoms with van der Waals surface area (Å²) < 4.78 is 0. The third kappa shape index (κ3) is 136. The molecule has 0 aromatic rings. The first-order chi connectivity index (χ1) is 0. The van der Waals surface area contributed by atoms with Gasteiger partial charge in [-0.3, -0.25) is 0 Å². The van der Waals surface area contributed by atoms with Crippen molar-refractivity contribution >= 4 is 0 Å². The molecule has 0 spiro atoms. The van der Waals surface area contributed by atoms with Crippen molar-refractivity contribution in [2.75, 3.05) is 0 Å². The summed E-state index contributed by atoms with van der Waals surface area (Å²) in [5.74, 6) is 0. The molecule has 4 radical (unpaired) electrons. The fraction of sp³-hybridized carbons (Fsp3) is 0. The molecule has 11 heteroatoms. The molecule has 0 fully saturated rings. The largest absolute Gasteiger partial charge is 4.00 e. The van der Waals surface area contributed by atoms with Gasteiger partial charge in [-0.15, -0.1) is 0 Å². The molecule has 0 rings (SSSR count). The molecule has 0 unspecified atom stereocenters. The Labute approximate surface area is 157 Å². The van der Waals surface area contributed by atoms with Gasteiger partial charge in [-0.05, 0) is 0 Å². The first-order valence-electron chi connectivity index (χ1n) is 0. The first-order valence-corrected chi connectivity index (χ1v) is 0. The third-order valence-electron chi connectivity index (χ3n) is 0. The number of hydrogen-bond donors (Lipinski definition) is 0. The molecule has 68 valence electrons. The van der Waals surface area contributed by atoms with Gasteiger partial charge in [-0.25, -0.2) is 0 Å². The molecule has 0 atom stereocenters. The zero-order chi connectivity index (χ0) is 0. The summed E-state index contributed by atoms with van der Waals surface area (Å²) in [5.41, 5.74) is 0. The van der Waals surface area contributed by atoms with Gasteiger partial charge in [0.05, 0.1) is 0 Å². The molecule has 0 aliphatic carbocycles. The van der Waals surface area contributed by atoms with E-state index in [4.69, 9.17) is 0 Å². The zero-order valence-corrected chi connectivity index (χ0v) is 15.7. The zero-order valence-electron chi connectivity index (χ0n) is 4.52. The molecular formula is Ir2Nd2O7. The van der Waals surface area contributed by atoms with Gasteiger partial charge in [0.1, 0.15) is 0 Å². The van der Waals surface area contributed by atoms with Crippen LogP contribution in [0.25, 0.3) is 0 Å². The maximum atomic E-state index is 0. The Hall–Kier alpha value is 3.72. The Bertz CT molecular complexity index is 14.4. The fourth-order valence-corrected chi connectivity index (χ4v) is 0. The molecule has 0 saturated heterocycles. The summed E-state index contributed by atoms with van der Waals surface area (Å²) >= 11 is 0. The van der Waals surface area contributed by atoms with Gasteiger partial charge in [0.2, 0.25) is 0 Å². The molecule has 0 aliphatic heterocycles. The van der Waals surface area contributed by atoms with Crippen molar-refractivity contribution in [1.29, 1.82) is 0 Å². The predicted octanol–water partition coefficient (Wildman–Crippen LogP) is -0.837. The number of rotatable bonds is 0. The van der Waals surface area contributed by atoms with E-state index in [-0.39, 0.29) is 160 Å². The second kappa shape index (κ2) is 160. The van der Waals surface area contributed by atoms with Gasteiger partial charge < -0.3 is 38.3 Å². The number of hydrogen-bond acceptors (Lipinski definition) is 0. The molecule has 0 aromatic heterocycles. The van der Waals surface area contributed by atoms with Crippen LogP contribution in [0.5, 0.6) is 0 Å². The van der Waals surface area contributed by atoms with E-state index in [1.54, 1.807) is 0 Å². The summed E-state index contributed by atoms with van der Waals surface area (Å²) in [4.78, 5) is 0. The quantitative estimate of drug-likeness (QED) is 0.296. The monoisotopic (exact) mass is 782 g/mol. The van der Waals surface area contributed by atoms with Crippen LogP contribution in [0.4, 0.5) is 0 Å². The van der Waals surface area contributed by atoms with Gasteiger partial charge in [-0.2, -0.15) is 0 Å². The van der Waals surface area contributed by atoms with Crippen LogP contribution in [0.3, 0.4) is 0 Å².